The molecule has 2 heteroatoms. The maximum Gasteiger partial charge on any atom is 0.0108 e. The minimum atomic E-state index is 0.755. The van der Waals surface area contributed by atoms with Gasteiger partial charge in [0.1, 0.15) is 0 Å². The van der Waals surface area contributed by atoms with Crippen LogP contribution in [0.25, 0.3) is 0 Å². The highest BCUT2D eigenvalue weighted by atomic mass is 32.2. The van der Waals surface area contributed by atoms with Crippen molar-refractivity contribution < 1.29 is 0 Å². The molecule has 2 aliphatic rings. The summed E-state index contributed by atoms with van der Waals surface area (Å²) in [7, 11) is 0. The number of hydrogen-bond acceptors (Lipinski definition) is 2. The van der Waals surface area contributed by atoms with Gasteiger partial charge in [0.05, 0.1) is 0 Å². The topological polar surface area (TPSA) is 3.24 Å². The highest BCUT2D eigenvalue weighted by Crippen LogP contribution is 2.41. The van der Waals surface area contributed by atoms with Crippen molar-refractivity contribution in [3.05, 3.63) is 29.8 Å². The summed E-state index contributed by atoms with van der Waals surface area (Å²) in [5.74, 6) is 2.82. The van der Waals surface area contributed by atoms with Crippen LogP contribution in [0.1, 0.15) is 38.2 Å². The first-order valence-electron chi connectivity index (χ1n) is 7.20. The average molecular weight is 261 g/mol. The van der Waals surface area contributed by atoms with Gasteiger partial charge in [0.25, 0.3) is 0 Å². The maximum atomic E-state index is 2.75. The summed E-state index contributed by atoms with van der Waals surface area (Å²) >= 11 is 2.04. The van der Waals surface area contributed by atoms with Crippen molar-refractivity contribution in [2.24, 2.45) is 5.92 Å². The normalized spacial score (nSPS) is 22.8. The minimum Gasteiger partial charge on any atom is -0.299 e. The van der Waals surface area contributed by atoms with Crippen LogP contribution in [0.15, 0.2) is 29.2 Å². The largest absolute Gasteiger partial charge is 0.299 e. The Morgan fingerprint density at radius 2 is 2.06 bits per heavy atom. The van der Waals surface area contributed by atoms with Crippen molar-refractivity contribution in [2.75, 3.05) is 18.8 Å². The summed E-state index contributed by atoms with van der Waals surface area (Å²) in [5.41, 5.74) is 1.59. The molecule has 1 aromatic rings. The molecule has 1 aliphatic heterocycles. The SMILES string of the molecule is CC(C)CN(CC1CSc2ccccc21)C1CC1. The number of fused-ring (bicyclic) bond motifs is 1. The van der Waals surface area contributed by atoms with Crippen LogP contribution in [0.5, 0.6) is 0 Å². The Morgan fingerprint density at radius 3 is 2.78 bits per heavy atom. The van der Waals surface area contributed by atoms with Gasteiger partial charge in [0, 0.05) is 35.7 Å². The quantitative estimate of drug-likeness (QED) is 0.788. The second-order valence-corrected chi connectivity index (χ2v) is 7.19. The molecule has 1 unspecified atom stereocenters. The molecule has 0 N–H and O–H groups in total. The summed E-state index contributed by atoms with van der Waals surface area (Å²) in [6, 6.07) is 9.87. The van der Waals surface area contributed by atoms with Gasteiger partial charge in [0.2, 0.25) is 0 Å². The lowest BCUT2D eigenvalue weighted by Gasteiger charge is -2.27. The number of hydrogen-bond donors (Lipinski definition) is 0. The van der Waals surface area contributed by atoms with E-state index >= 15 is 0 Å². The van der Waals surface area contributed by atoms with E-state index in [4.69, 9.17) is 0 Å². The average Bonchev–Trinajstić information content (AvgIpc) is 3.12. The maximum absolute atomic E-state index is 2.75. The third-order valence-electron chi connectivity index (χ3n) is 3.92. The van der Waals surface area contributed by atoms with E-state index < -0.39 is 0 Å². The molecule has 1 atom stereocenters. The van der Waals surface area contributed by atoms with E-state index in [1.807, 2.05) is 11.8 Å². The summed E-state index contributed by atoms with van der Waals surface area (Å²) in [4.78, 5) is 4.26. The molecule has 1 saturated carbocycles. The number of rotatable bonds is 5. The summed E-state index contributed by atoms with van der Waals surface area (Å²) in [5, 5.41) is 0. The van der Waals surface area contributed by atoms with Crippen molar-refractivity contribution in [3.8, 4) is 0 Å². The first-order valence-corrected chi connectivity index (χ1v) is 8.18. The standard InChI is InChI=1S/C16H23NS/c1-12(2)9-17(14-7-8-14)10-13-11-18-16-6-4-3-5-15(13)16/h3-6,12-14H,7-11H2,1-2H3. The van der Waals surface area contributed by atoms with Crippen LogP contribution >= 0.6 is 11.8 Å². The Morgan fingerprint density at radius 1 is 1.28 bits per heavy atom. The molecule has 1 nitrogen and oxygen atoms in total. The van der Waals surface area contributed by atoms with Crippen LogP contribution in [-0.4, -0.2) is 29.8 Å². The third kappa shape index (κ3) is 2.75. The molecule has 1 aliphatic carbocycles. The molecule has 1 heterocycles. The highest BCUT2D eigenvalue weighted by Gasteiger charge is 2.33. The lowest BCUT2D eigenvalue weighted by atomic mass is 10.00. The van der Waals surface area contributed by atoms with Crippen molar-refractivity contribution in [3.63, 3.8) is 0 Å². The van der Waals surface area contributed by atoms with Crippen molar-refractivity contribution in [2.45, 2.75) is 43.5 Å². The van der Waals surface area contributed by atoms with Crippen LogP contribution in [0.3, 0.4) is 0 Å². The van der Waals surface area contributed by atoms with E-state index in [9.17, 15) is 0 Å². The summed E-state index contributed by atoms with van der Waals surface area (Å²) in [6.07, 6.45) is 2.85. The zero-order valence-corrected chi connectivity index (χ0v) is 12.2. The molecular formula is C16H23NS. The second-order valence-electron chi connectivity index (χ2n) is 6.12. The lowest BCUT2D eigenvalue weighted by molar-refractivity contribution is 0.225. The predicted molar refractivity (Wildman–Crippen MR) is 79.3 cm³/mol. The van der Waals surface area contributed by atoms with Gasteiger partial charge >= 0.3 is 0 Å². The van der Waals surface area contributed by atoms with Crippen LogP contribution in [0.2, 0.25) is 0 Å². The van der Waals surface area contributed by atoms with Gasteiger partial charge in [-0.3, -0.25) is 4.90 Å². The second kappa shape index (κ2) is 5.26. The van der Waals surface area contributed by atoms with E-state index in [-0.39, 0.29) is 0 Å². The van der Waals surface area contributed by atoms with Crippen LogP contribution < -0.4 is 0 Å². The first-order chi connectivity index (χ1) is 8.74. The number of benzene rings is 1. The van der Waals surface area contributed by atoms with Crippen molar-refractivity contribution >= 4 is 11.8 Å². The Kier molecular flexibility index (Phi) is 3.67. The van der Waals surface area contributed by atoms with Crippen molar-refractivity contribution in [1.29, 1.82) is 0 Å². The molecule has 0 spiro atoms. The number of thioether (sulfide) groups is 1. The molecule has 0 bridgehead atoms. The third-order valence-corrected chi connectivity index (χ3v) is 5.17. The molecule has 98 valence electrons. The van der Waals surface area contributed by atoms with Gasteiger partial charge in [-0.1, -0.05) is 32.0 Å². The molecule has 0 aromatic heterocycles. The molecule has 1 fully saturated rings. The zero-order chi connectivity index (χ0) is 12.5. The van der Waals surface area contributed by atoms with E-state index in [0.717, 1.165) is 17.9 Å². The molecule has 1 aromatic carbocycles. The van der Waals surface area contributed by atoms with E-state index in [0.29, 0.717) is 0 Å². The Labute approximate surface area is 115 Å². The number of nitrogens with zero attached hydrogens (tertiary/aromatic N) is 1. The smallest absolute Gasteiger partial charge is 0.0108 e. The molecule has 0 radical (unpaired) electrons. The fraction of sp³-hybridized carbons (Fsp3) is 0.625. The molecule has 18 heavy (non-hydrogen) atoms. The van der Waals surface area contributed by atoms with Gasteiger partial charge in [-0.15, -0.1) is 11.8 Å². The van der Waals surface area contributed by atoms with E-state index in [1.165, 1.54) is 36.6 Å². The van der Waals surface area contributed by atoms with Crippen molar-refractivity contribution in [1.82, 2.24) is 4.90 Å². The fourth-order valence-electron chi connectivity index (χ4n) is 2.94. The minimum absolute atomic E-state index is 0.755. The Hall–Kier alpha value is -0.470. The van der Waals surface area contributed by atoms with E-state index in [2.05, 4.69) is 43.0 Å². The zero-order valence-electron chi connectivity index (χ0n) is 11.4. The summed E-state index contributed by atoms with van der Waals surface area (Å²) < 4.78 is 0. The first kappa shape index (κ1) is 12.6. The Bertz CT molecular complexity index is 411. The van der Waals surface area contributed by atoms with Crippen LogP contribution in [0.4, 0.5) is 0 Å². The fourth-order valence-corrected chi connectivity index (χ4v) is 4.19. The molecule has 0 saturated heterocycles. The van der Waals surface area contributed by atoms with Gasteiger partial charge < -0.3 is 0 Å². The molecular weight excluding hydrogens is 238 g/mol. The highest BCUT2D eigenvalue weighted by molar-refractivity contribution is 7.99. The predicted octanol–water partition coefficient (Wildman–Crippen LogP) is 4.00. The van der Waals surface area contributed by atoms with E-state index in [1.54, 1.807) is 5.56 Å². The van der Waals surface area contributed by atoms with Gasteiger partial charge in [-0.25, -0.2) is 0 Å². The molecule has 3 rings (SSSR count). The van der Waals surface area contributed by atoms with Crippen LogP contribution in [-0.2, 0) is 0 Å². The van der Waals surface area contributed by atoms with Gasteiger partial charge in [0.15, 0.2) is 0 Å². The van der Waals surface area contributed by atoms with Gasteiger partial charge in [-0.2, -0.15) is 0 Å². The monoisotopic (exact) mass is 261 g/mol. The van der Waals surface area contributed by atoms with Gasteiger partial charge in [-0.05, 0) is 30.4 Å². The summed E-state index contributed by atoms with van der Waals surface area (Å²) in [6.45, 7) is 7.22. The van der Waals surface area contributed by atoms with Crippen LogP contribution in [0, 0.1) is 5.92 Å². The lowest BCUT2D eigenvalue weighted by Crippen LogP contribution is -2.34. The molecule has 0 amide bonds. The Balaban J connectivity index is 1.68.